The van der Waals surface area contributed by atoms with E-state index in [-0.39, 0.29) is 11.9 Å². The zero-order valence-corrected chi connectivity index (χ0v) is 14.8. The van der Waals surface area contributed by atoms with Gasteiger partial charge < -0.3 is 10.1 Å². The van der Waals surface area contributed by atoms with Gasteiger partial charge in [0.05, 0.1) is 6.04 Å². The third-order valence-electron chi connectivity index (χ3n) is 5.49. The van der Waals surface area contributed by atoms with Crippen LogP contribution in [-0.2, 0) is 6.42 Å². The summed E-state index contributed by atoms with van der Waals surface area (Å²) in [5.41, 5.74) is 0. The molecule has 2 fully saturated rings. The first-order valence-electron chi connectivity index (χ1n) is 9.19. The highest BCUT2D eigenvalue weighted by Crippen LogP contribution is 2.41. The Labute approximate surface area is 147 Å². The van der Waals surface area contributed by atoms with Crippen molar-refractivity contribution < 1.29 is 9.13 Å². The van der Waals surface area contributed by atoms with E-state index in [1.807, 2.05) is 13.8 Å². The smallest absolute Gasteiger partial charge is 0.320 e. The summed E-state index contributed by atoms with van der Waals surface area (Å²) in [6, 6.07) is 6.71. The van der Waals surface area contributed by atoms with Crippen molar-refractivity contribution in [3.8, 4) is 11.8 Å². The molecule has 1 aromatic carbocycles. The molecule has 25 heavy (non-hydrogen) atoms. The molecule has 134 valence electrons. The topological polar surface area (TPSA) is 52.0 Å². The van der Waals surface area contributed by atoms with Gasteiger partial charge in [-0.1, -0.05) is 6.07 Å². The first-order valence-corrected chi connectivity index (χ1v) is 9.19. The Hall–Kier alpha value is -1.95. The van der Waals surface area contributed by atoms with Gasteiger partial charge in [0.2, 0.25) is 0 Å². The predicted octanol–water partition coefficient (Wildman–Crippen LogP) is 3.58. The van der Waals surface area contributed by atoms with E-state index in [1.54, 1.807) is 16.8 Å². The van der Waals surface area contributed by atoms with Crippen LogP contribution in [0.3, 0.4) is 0 Å². The standard InChI is InChI=1S/C19H25FN4O/c1-12(2)24-19(25-16-5-3-4-15(20)8-16)22-18(23-24)9-17-13-6-7-14(17)11-21-10-13/h3-5,8,12-14,17,21H,6-7,9-11H2,1-2H3/t13-,14+,17?. The Morgan fingerprint density at radius 1 is 1.28 bits per heavy atom. The summed E-state index contributed by atoms with van der Waals surface area (Å²) in [6.07, 6.45) is 3.51. The fraction of sp³-hybridized carbons (Fsp3) is 0.579. The van der Waals surface area contributed by atoms with E-state index in [4.69, 9.17) is 4.74 Å². The first-order chi connectivity index (χ1) is 12.1. The lowest BCUT2D eigenvalue weighted by Gasteiger charge is -2.29. The third-order valence-corrected chi connectivity index (χ3v) is 5.49. The highest BCUT2D eigenvalue weighted by Gasteiger charge is 2.39. The van der Waals surface area contributed by atoms with Gasteiger partial charge in [-0.15, -0.1) is 0 Å². The maximum Gasteiger partial charge on any atom is 0.320 e. The van der Waals surface area contributed by atoms with Crippen molar-refractivity contribution >= 4 is 0 Å². The highest BCUT2D eigenvalue weighted by molar-refractivity contribution is 5.25. The molecular weight excluding hydrogens is 319 g/mol. The molecule has 2 aromatic rings. The van der Waals surface area contributed by atoms with Gasteiger partial charge in [-0.05, 0) is 69.7 Å². The highest BCUT2D eigenvalue weighted by atomic mass is 19.1. The number of nitrogens with one attached hydrogen (secondary N) is 1. The zero-order chi connectivity index (χ0) is 17.4. The van der Waals surface area contributed by atoms with Crippen LogP contribution in [0.2, 0.25) is 0 Å². The van der Waals surface area contributed by atoms with Gasteiger partial charge in [0, 0.05) is 12.5 Å². The van der Waals surface area contributed by atoms with Crippen LogP contribution in [0.5, 0.6) is 11.8 Å². The van der Waals surface area contributed by atoms with Crippen molar-refractivity contribution in [2.45, 2.75) is 39.2 Å². The normalized spacial score (nSPS) is 25.5. The zero-order valence-electron chi connectivity index (χ0n) is 14.8. The molecule has 1 aromatic heterocycles. The quantitative estimate of drug-likeness (QED) is 0.901. The largest absolute Gasteiger partial charge is 0.424 e. The molecule has 1 saturated heterocycles. The molecule has 0 spiro atoms. The second-order valence-corrected chi connectivity index (χ2v) is 7.53. The first kappa shape index (κ1) is 16.5. The molecule has 2 heterocycles. The van der Waals surface area contributed by atoms with Crippen LogP contribution in [0.25, 0.3) is 0 Å². The number of ether oxygens (including phenoxy) is 1. The van der Waals surface area contributed by atoms with E-state index in [1.165, 1.54) is 25.0 Å². The SMILES string of the molecule is CC(C)n1nc(CC2[C@@H]3CC[C@H]2CNC3)nc1Oc1cccc(F)c1. The van der Waals surface area contributed by atoms with Crippen LogP contribution < -0.4 is 10.1 Å². The van der Waals surface area contributed by atoms with Gasteiger partial charge in [-0.3, -0.25) is 0 Å². The van der Waals surface area contributed by atoms with Gasteiger partial charge in [0.15, 0.2) is 5.82 Å². The van der Waals surface area contributed by atoms with E-state index in [0.29, 0.717) is 17.7 Å². The minimum Gasteiger partial charge on any atom is -0.424 e. The average Bonchev–Trinajstić information content (AvgIpc) is 3.04. The molecule has 3 atom stereocenters. The number of fused-ring (bicyclic) bond motifs is 2. The molecule has 1 aliphatic carbocycles. The molecule has 5 nitrogen and oxygen atoms in total. The van der Waals surface area contributed by atoms with Gasteiger partial charge >= 0.3 is 6.01 Å². The van der Waals surface area contributed by atoms with E-state index in [2.05, 4.69) is 15.4 Å². The molecule has 2 bridgehead atoms. The van der Waals surface area contributed by atoms with Crippen LogP contribution in [0.4, 0.5) is 4.39 Å². The predicted molar refractivity (Wildman–Crippen MR) is 93.2 cm³/mol. The number of hydrogen-bond acceptors (Lipinski definition) is 4. The van der Waals surface area contributed by atoms with Crippen molar-refractivity contribution in [3.05, 3.63) is 35.9 Å². The Morgan fingerprint density at radius 2 is 2.04 bits per heavy atom. The monoisotopic (exact) mass is 344 g/mol. The Balaban J connectivity index is 1.55. The Bertz CT molecular complexity index is 729. The minimum absolute atomic E-state index is 0.134. The molecular formula is C19H25FN4O. The second kappa shape index (κ2) is 6.75. The molecule has 0 amide bonds. The summed E-state index contributed by atoms with van der Waals surface area (Å²) in [5, 5.41) is 8.21. The number of rotatable bonds is 5. The summed E-state index contributed by atoms with van der Waals surface area (Å²) in [5.74, 6) is 3.09. The van der Waals surface area contributed by atoms with Gasteiger partial charge in [-0.2, -0.15) is 10.1 Å². The molecule has 4 rings (SSSR count). The molecule has 1 N–H and O–H groups in total. The lowest BCUT2D eigenvalue weighted by molar-refractivity contribution is 0.241. The van der Waals surface area contributed by atoms with E-state index >= 15 is 0 Å². The molecule has 1 unspecified atom stereocenters. The van der Waals surface area contributed by atoms with Crippen LogP contribution >= 0.6 is 0 Å². The van der Waals surface area contributed by atoms with E-state index in [0.717, 1.165) is 37.2 Å². The van der Waals surface area contributed by atoms with Crippen LogP contribution in [0, 0.1) is 23.6 Å². The lowest BCUT2D eigenvalue weighted by Crippen LogP contribution is -2.39. The van der Waals surface area contributed by atoms with Crippen molar-refractivity contribution in [1.82, 2.24) is 20.1 Å². The van der Waals surface area contributed by atoms with Gasteiger partial charge in [-0.25, -0.2) is 9.07 Å². The number of piperidine rings is 1. The molecule has 1 saturated carbocycles. The van der Waals surface area contributed by atoms with E-state index < -0.39 is 0 Å². The van der Waals surface area contributed by atoms with Crippen molar-refractivity contribution in [2.75, 3.05) is 13.1 Å². The molecule has 6 heteroatoms. The third kappa shape index (κ3) is 3.40. The molecule has 2 aliphatic rings. The van der Waals surface area contributed by atoms with Crippen LogP contribution in [0.1, 0.15) is 38.6 Å². The van der Waals surface area contributed by atoms with Crippen molar-refractivity contribution in [1.29, 1.82) is 0 Å². The van der Waals surface area contributed by atoms with Gasteiger partial charge in [0.25, 0.3) is 0 Å². The second-order valence-electron chi connectivity index (χ2n) is 7.53. The summed E-state index contributed by atoms with van der Waals surface area (Å²) in [6.45, 7) is 6.31. The average molecular weight is 344 g/mol. The number of hydrogen-bond donors (Lipinski definition) is 1. The number of aromatic nitrogens is 3. The van der Waals surface area contributed by atoms with Crippen LogP contribution in [-0.4, -0.2) is 27.9 Å². The summed E-state index contributed by atoms with van der Waals surface area (Å²) in [7, 11) is 0. The number of nitrogens with zero attached hydrogens (tertiary/aromatic N) is 3. The fourth-order valence-electron chi connectivity index (χ4n) is 4.23. The van der Waals surface area contributed by atoms with Gasteiger partial charge in [0.1, 0.15) is 11.6 Å². The Kier molecular flexibility index (Phi) is 4.46. The Morgan fingerprint density at radius 3 is 2.72 bits per heavy atom. The maximum absolute atomic E-state index is 13.4. The van der Waals surface area contributed by atoms with Crippen molar-refractivity contribution in [3.63, 3.8) is 0 Å². The van der Waals surface area contributed by atoms with E-state index in [9.17, 15) is 4.39 Å². The minimum atomic E-state index is -0.320. The summed E-state index contributed by atoms with van der Waals surface area (Å²) < 4.78 is 21.0. The number of benzene rings is 1. The molecule has 1 aliphatic heterocycles. The number of halogens is 1. The maximum atomic E-state index is 13.4. The van der Waals surface area contributed by atoms with Crippen molar-refractivity contribution in [2.24, 2.45) is 17.8 Å². The lowest BCUT2D eigenvalue weighted by atomic mass is 9.83. The summed E-state index contributed by atoms with van der Waals surface area (Å²) >= 11 is 0. The summed E-state index contributed by atoms with van der Waals surface area (Å²) in [4.78, 5) is 4.63. The van der Waals surface area contributed by atoms with Crippen LogP contribution in [0.15, 0.2) is 24.3 Å². The molecule has 0 radical (unpaired) electrons. The fourth-order valence-corrected chi connectivity index (χ4v) is 4.23.